The van der Waals surface area contributed by atoms with E-state index in [0.29, 0.717) is 27.7 Å². The summed E-state index contributed by atoms with van der Waals surface area (Å²) in [5, 5.41) is 9.93. The average Bonchev–Trinajstić information content (AvgIpc) is 2.72. The number of nitrogens with one attached hydrogen (secondary N) is 2. The number of aromatic hydroxyl groups is 1. The van der Waals surface area contributed by atoms with Crippen molar-refractivity contribution in [2.75, 3.05) is 0 Å². The van der Waals surface area contributed by atoms with Crippen molar-refractivity contribution in [3.05, 3.63) is 51.4 Å². The van der Waals surface area contributed by atoms with Crippen LogP contribution in [0.5, 0.6) is 5.75 Å². The first-order chi connectivity index (χ1) is 10.3. The summed E-state index contributed by atoms with van der Waals surface area (Å²) in [6, 6.07) is 4.05. The summed E-state index contributed by atoms with van der Waals surface area (Å²) in [5.74, 6) is -0.304. The third-order valence-corrected chi connectivity index (χ3v) is 3.52. The molecule has 0 aliphatic heterocycles. The molecule has 0 atom stereocenters. The fourth-order valence-electron chi connectivity index (χ4n) is 2.06. The van der Waals surface area contributed by atoms with Gasteiger partial charge in [0.1, 0.15) is 17.3 Å². The fraction of sp³-hybridized carbons (Fsp3) is 0.200. The molecule has 1 aromatic carbocycles. The molecule has 0 unspecified atom stereocenters. The number of amides is 2. The number of hydrazine groups is 1. The number of carbonyl (C=O) groups excluding carboxylic acids is 2. The van der Waals surface area contributed by atoms with Crippen molar-refractivity contribution in [2.24, 2.45) is 0 Å². The van der Waals surface area contributed by atoms with E-state index in [9.17, 15) is 14.7 Å². The van der Waals surface area contributed by atoms with E-state index in [0.717, 1.165) is 0 Å². The van der Waals surface area contributed by atoms with E-state index >= 15 is 0 Å². The van der Waals surface area contributed by atoms with Crippen LogP contribution < -0.4 is 10.9 Å². The minimum Gasteiger partial charge on any atom is -0.507 e. The van der Waals surface area contributed by atoms with Crippen LogP contribution in [0.15, 0.2) is 22.6 Å². The summed E-state index contributed by atoms with van der Waals surface area (Å²) in [7, 11) is 0. The van der Waals surface area contributed by atoms with Gasteiger partial charge in [-0.1, -0.05) is 11.6 Å². The van der Waals surface area contributed by atoms with Crippen molar-refractivity contribution in [3.63, 3.8) is 0 Å². The van der Waals surface area contributed by atoms with Gasteiger partial charge in [-0.25, -0.2) is 0 Å². The Labute approximate surface area is 132 Å². The van der Waals surface area contributed by atoms with Crippen LogP contribution in [0.3, 0.4) is 0 Å². The van der Waals surface area contributed by atoms with E-state index in [4.69, 9.17) is 16.0 Å². The van der Waals surface area contributed by atoms with Crippen LogP contribution >= 0.6 is 11.6 Å². The summed E-state index contributed by atoms with van der Waals surface area (Å²) in [5.41, 5.74) is 5.55. The number of phenols is 1. The Balaban J connectivity index is 2.11. The number of benzene rings is 1. The molecule has 116 valence electrons. The Hall–Kier alpha value is -2.47. The Morgan fingerprint density at radius 3 is 2.32 bits per heavy atom. The lowest BCUT2D eigenvalue weighted by molar-refractivity contribution is 0.0843. The topological polar surface area (TPSA) is 91.6 Å². The van der Waals surface area contributed by atoms with Gasteiger partial charge >= 0.3 is 0 Å². The molecule has 1 heterocycles. The van der Waals surface area contributed by atoms with E-state index in [2.05, 4.69) is 10.9 Å². The number of hydrogen-bond donors (Lipinski definition) is 3. The van der Waals surface area contributed by atoms with Crippen molar-refractivity contribution >= 4 is 23.4 Å². The lowest BCUT2D eigenvalue weighted by Crippen LogP contribution is -2.42. The van der Waals surface area contributed by atoms with Crippen LogP contribution in [0.1, 0.15) is 37.8 Å². The molecule has 6 nitrogen and oxygen atoms in total. The Morgan fingerprint density at radius 1 is 1.09 bits per heavy atom. The van der Waals surface area contributed by atoms with Crippen LogP contribution in [-0.2, 0) is 0 Å². The second kappa shape index (κ2) is 6.11. The average molecular weight is 323 g/mol. The van der Waals surface area contributed by atoms with Gasteiger partial charge in [-0.15, -0.1) is 0 Å². The van der Waals surface area contributed by atoms with E-state index in [1.807, 2.05) is 0 Å². The highest BCUT2D eigenvalue weighted by Gasteiger charge is 2.19. The van der Waals surface area contributed by atoms with Crippen molar-refractivity contribution < 1.29 is 19.1 Å². The fourth-order valence-corrected chi connectivity index (χ4v) is 2.23. The second-order valence-corrected chi connectivity index (χ2v) is 5.22. The molecule has 0 saturated carbocycles. The number of rotatable bonds is 2. The Morgan fingerprint density at radius 2 is 1.73 bits per heavy atom. The van der Waals surface area contributed by atoms with Crippen molar-refractivity contribution in [3.8, 4) is 5.75 Å². The van der Waals surface area contributed by atoms with E-state index in [-0.39, 0.29) is 11.3 Å². The summed E-state index contributed by atoms with van der Waals surface area (Å²) >= 11 is 5.77. The third-order valence-electron chi connectivity index (χ3n) is 3.28. The maximum absolute atomic E-state index is 12.1. The quantitative estimate of drug-likeness (QED) is 0.741. The van der Waals surface area contributed by atoms with Crippen LogP contribution in [0.2, 0.25) is 5.02 Å². The summed E-state index contributed by atoms with van der Waals surface area (Å²) in [6.07, 6.45) is 0. The van der Waals surface area contributed by atoms with Crippen LogP contribution in [0.4, 0.5) is 0 Å². The molecule has 0 fully saturated rings. The zero-order chi connectivity index (χ0) is 16.4. The van der Waals surface area contributed by atoms with Crippen molar-refractivity contribution in [1.29, 1.82) is 0 Å². The number of aryl methyl sites for hydroxylation is 2. The molecule has 0 aliphatic rings. The molecule has 7 heteroatoms. The molecule has 0 bridgehead atoms. The molecular weight excluding hydrogens is 308 g/mol. The molecule has 2 aromatic rings. The molecule has 22 heavy (non-hydrogen) atoms. The van der Waals surface area contributed by atoms with Gasteiger partial charge in [-0.2, -0.15) is 0 Å². The van der Waals surface area contributed by atoms with Gasteiger partial charge in [0.05, 0.1) is 11.1 Å². The third kappa shape index (κ3) is 3.07. The molecule has 2 amide bonds. The van der Waals surface area contributed by atoms with Crippen LogP contribution in [0, 0.1) is 20.8 Å². The van der Waals surface area contributed by atoms with E-state index in [1.54, 1.807) is 20.8 Å². The Kier molecular flexibility index (Phi) is 4.42. The van der Waals surface area contributed by atoms with Crippen molar-refractivity contribution in [1.82, 2.24) is 10.9 Å². The Bertz CT molecular complexity index is 752. The highest BCUT2D eigenvalue weighted by molar-refractivity contribution is 6.31. The zero-order valence-electron chi connectivity index (χ0n) is 12.3. The number of phenolic OH excluding ortho intramolecular Hbond substituents is 1. The van der Waals surface area contributed by atoms with Gasteiger partial charge in [-0.3, -0.25) is 20.4 Å². The first-order valence-corrected chi connectivity index (χ1v) is 6.85. The minimum atomic E-state index is -0.677. The second-order valence-electron chi connectivity index (χ2n) is 4.78. The maximum atomic E-state index is 12.1. The predicted octanol–water partition coefficient (Wildman–Crippen LogP) is 2.64. The summed E-state index contributed by atoms with van der Waals surface area (Å²) < 4.78 is 5.36. The SMILES string of the molecule is Cc1oc(C)c(C(=O)NNC(=O)c2cc(Cl)ccc2O)c1C. The molecule has 0 aliphatic carbocycles. The largest absolute Gasteiger partial charge is 0.507 e. The first kappa shape index (κ1) is 15.9. The number of furan rings is 1. The number of hydrogen-bond acceptors (Lipinski definition) is 4. The maximum Gasteiger partial charge on any atom is 0.273 e. The molecule has 3 N–H and O–H groups in total. The van der Waals surface area contributed by atoms with Crippen LogP contribution in [0.25, 0.3) is 0 Å². The number of halogens is 1. The molecular formula is C15H15ClN2O4. The van der Waals surface area contributed by atoms with Gasteiger partial charge in [0.15, 0.2) is 0 Å². The smallest absolute Gasteiger partial charge is 0.273 e. The standard InChI is InChI=1S/C15H15ClN2O4/c1-7-8(2)22-9(3)13(7)15(21)18-17-14(20)11-6-10(16)4-5-12(11)19/h4-6,19H,1-3H3,(H,17,20)(H,18,21). The highest BCUT2D eigenvalue weighted by atomic mass is 35.5. The van der Waals surface area contributed by atoms with Crippen molar-refractivity contribution in [2.45, 2.75) is 20.8 Å². The summed E-state index contributed by atoms with van der Waals surface area (Å²) in [6.45, 7) is 5.17. The normalized spacial score (nSPS) is 10.4. The lowest BCUT2D eigenvalue weighted by Gasteiger charge is -2.09. The minimum absolute atomic E-state index is 0.0374. The zero-order valence-corrected chi connectivity index (χ0v) is 13.0. The van der Waals surface area contributed by atoms with Gasteiger partial charge in [0.25, 0.3) is 11.8 Å². The monoisotopic (exact) mass is 322 g/mol. The summed E-state index contributed by atoms with van der Waals surface area (Å²) in [4.78, 5) is 24.1. The lowest BCUT2D eigenvalue weighted by atomic mass is 10.1. The van der Waals surface area contributed by atoms with Gasteiger partial charge in [0.2, 0.25) is 0 Å². The molecule has 0 spiro atoms. The first-order valence-electron chi connectivity index (χ1n) is 6.47. The number of carbonyl (C=O) groups is 2. The molecule has 2 rings (SSSR count). The predicted molar refractivity (Wildman–Crippen MR) is 81.0 cm³/mol. The highest BCUT2D eigenvalue weighted by Crippen LogP contribution is 2.22. The molecule has 1 aromatic heterocycles. The van der Waals surface area contributed by atoms with Gasteiger partial charge in [-0.05, 0) is 39.0 Å². The van der Waals surface area contributed by atoms with E-state index < -0.39 is 11.8 Å². The van der Waals surface area contributed by atoms with Crippen LogP contribution in [-0.4, -0.2) is 16.9 Å². The molecule has 0 saturated heterocycles. The van der Waals surface area contributed by atoms with E-state index in [1.165, 1.54) is 18.2 Å². The van der Waals surface area contributed by atoms with Gasteiger partial charge in [0, 0.05) is 10.6 Å². The van der Waals surface area contributed by atoms with Gasteiger partial charge < -0.3 is 9.52 Å². The molecule has 0 radical (unpaired) electrons.